The van der Waals surface area contributed by atoms with E-state index in [9.17, 15) is 22.8 Å². The Balaban J connectivity index is 2.44. The third kappa shape index (κ3) is 3.95. The second kappa shape index (κ2) is 7.86. The van der Waals surface area contributed by atoms with E-state index >= 15 is 0 Å². The van der Waals surface area contributed by atoms with E-state index in [1.54, 1.807) is 6.07 Å². The molecule has 1 unspecified atom stereocenters. The molecule has 1 fully saturated rings. The van der Waals surface area contributed by atoms with Crippen molar-refractivity contribution in [1.29, 1.82) is 0 Å². The maximum absolute atomic E-state index is 14.1. The van der Waals surface area contributed by atoms with Crippen LogP contribution in [0.2, 0.25) is 0 Å². The Morgan fingerprint density at radius 3 is 2.24 bits per heavy atom. The molecule has 0 aromatic heterocycles. The molecular formula is C17H21F3N2O3. The molecular weight excluding hydrogens is 337 g/mol. The Morgan fingerprint density at radius 2 is 1.72 bits per heavy atom. The maximum Gasteiger partial charge on any atom is 0.436 e. The molecule has 1 heterocycles. The number of hydrogen-bond acceptors (Lipinski definition) is 4. The van der Waals surface area contributed by atoms with Crippen LogP contribution in [0.1, 0.15) is 36.5 Å². The highest BCUT2D eigenvalue weighted by Gasteiger charge is 2.66. The summed E-state index contributed by atoms with van der Waals surface area (Å²) in [7, 11) is 0. The molecule has 1 saturated heterocycles. The van der Waals surface area contributed by atoms with Crippen LogP contribution in [0.3, 0.4) is 0 Å². The van der Waals surface area contributed by atoms with Crippen molar-refractivity contribution in [3.8, 4) is 0 Å². The lowest BCUT2D eigenvalue weighted by Gasteiger charge is -2.44. The average molecular weight is 358 g/mol. The van der Waals surface area contributed by atoms with Crippen LogP contribution in [0, 0.1) is 0 Å². The van der Waals surface area contributed by atoms with Gasteiger partial charge in [-0.05, 0) is 31.9 Å². The van der Waals surface area contributed by atoms with E-state index in [1.807, 2.05) is 5.32 Å². The fourth-order valence-electron chi connectivity index (χ4n) is 2.92. The van der Waals surface area contributed by atoms with Gasteiger partial charge in [0.2, 0.25) is 0 Å². The molecule has 0 radical (unpaired) electrons. The normalized spacial score (nSPS) is 18.2. The van der Waals surface area contributed by atoms with Gasteiger partial charge in [-0.1, -0.05) is 24.6 Å². The molecule has 0 aliphatic carbocycles. The average Bonchev–Trinajstić information content (AvgIpc) is 2.60. The number of piperidine rings is 1. The lowest BCUT2D eigenvalue weighted by Crippen LogP contribution is -2.74. The molecule has 1 aliphatic heterocycles. The summed E-state index contributed by atoms with van der Waals surface area (Å²) in [5, 5.41) is 1.93. The number of likely N-dealkylation sites (tertiary alicyclic amines) is 1. The van der Waals surface area contributed by atoms with E-state index in [1.165, 1.54) is 31.2 Å². The number of carbonyl (C=O) groups is 2. The van der Waals surface area contributed by atoms with Crippen molar-refractivity contribution in [3.05, 3.63) is 35.9 Å². The van der Waals surface area contributed by atoms with Crippen molar-refractivity contribution in [2.75, 3.05) is 19.7 Å². The van der Waals surface area contributed by atoms with Crippen LogP contribution in [-0.2, 0) is 9.53 Å². The number of benzene rings is 1. The largest absolute Gasteiger partial charge is 0.463 e. The van der Waals surface area contributed by atoms with Gasteiger partial charge in [0.25, 0.3) is 11.6 Å². The highest BCUT2D eigenvalue weighted by Crippen LogP contribution is 2.37. The molecule has 1 amide bonds. The summed E-state index contributed by atoms with van der Waals surface area (Å²) in [5.74, 6) is -2.48. The number of halogens is 3. The van der Waals surface area contributed by atoms with Gasteiger partial charge in [-0.25, -0.2) is 4.79 Å². The SMILES string of the molecule is CCOC(=O)C(NC(=O)c1ccccc1)(N1CCCCC1)C(F)(F)F. The Labute approximate surface area is 144 Å². The quantitative estimate of drug-likeness (QED) is 0.823. The number of amides is 1. The van der Waals surface area contributed by atoms with Crippen molar-refractivity contribution < 1.29 is 27.5 Å². The van der Waals surface area contributed by atoms with Gasteiger partial charge in [0, 0.05) is 18.7 Å². The van der Waals surface area contributed by atoms with Crippen LogP contribution in [0.4, 0.5) is 13.2 Å². The number of rotatable bonds is 5. The van der Waals surface area contributed by atoms with E-state index in [4.69, 9.17) is 4.74 Å². The van der Waals surface area contributed by atoms with E-state index in [2.05, 4.69) is 0 Å². The lowest BCUT2D eigenvalue weighted by atomic mass is 10.0. The monoisotopic (exact) mass is 358 g/mol. The van der Waals surface area contributed by atoms with Gasteiger partial charge in [0.05, 0.1) is 6.61 Å². The second-order valence-electron chi connectivity index (χ2n) is 5.80. The first-order valence-corrected chi connectivity index (χ1v) is 8.19. The van der Waals surface area contributed by atoms with Crippen LogP contribution >= 0.6 is 0 Å². The van der Waals surface area contributed by atoms with Crippen molar-refractivity contribution in [3.63, 3.8) is 0 Å². The summed E-state index contributed by atoms with van der Waals surface area (Å²) >= 11 is 0. The minimum Gasteiger partial charge on any atom is -0.463 e. The lowest BCUT2D eigenvalue weighted by molar-refractivity contribution is -0.248. The zero-order valence-electron chi connectivity index (χ0n) is 13.9. The summed E-state index contributed by atoms with van der Waals surface area (Å²) < 4.78 is 46.9. The highest BCUT2D eigenvalue weighted by atomic mass is 19.4. The van der Waals surface area contributed by atoms with Gasteiger partial charge in [-0.3, -0.25) is 9.69 Å². The van der Waals surface area contributed by atoms with E-state index in [0.717, 1.165) is 11.3 Å². The summed E-state index contributed by atoms with van der Waals surface area (Å²) in [5.41, 5.74) is -3.14. The van der Waals surface area contributed by atoms with Gasteiger partial charge >= 0.3 is 12.1 Å². The van der Waals surface area contributed by atoms with Crippen molar-refractivity contribution in [2.24, 2.45) is 0 Å². The van der Waals surface area contributed by atoms with Crippen molar-refractivity contribution >= 4 is 11.9 Å². The Morgan fingerprint density at radius 1 is 1.12 bits per heavy atom. The van der Waals surface area contributed by atoms with Gasteiger partial charge in [-0.15, -0.1) is 0 Å². The van der Waals surface area contributed by atoms with E-state index in [0.29, 0.717) is 12.8 Å². The molecule has 0 spiro atoms. The van der Waals surface area contributed by atoms with Gasteiger partial charge < -0.3 is 10.1 Å². The smallest absolute Gasteiger partial charge is 0.436 e. The first kappa shape index (κ1) is 19.2. The molecule has 1 aromatic rings. The standard InChI is InChI=1S/C17H21F3N2O3/c1-2-25-15(24)16(17(18,19)20,22-11-7-4-8-12-22)21-14(23)13-9-5-3-6-10-13/h3,5-6,9-10H,2,4,7-8,11-12H2,1H3,(H,21,23). The molecule has 5 nitrogen and oxygen atoms in total. The molecule has 8 heteroatoms. The molecule has 25 heavy (non-hydrogen) atoms. The third-order valence-electron chi connectivity index (χ3n) is 4.14. The van der Waals surface area contributed by atoms with E-state index < -0.39 is 23.7 Å². The van der Waals surface area contributed by atoms with E-state index in [-0.39, 0.29) is 25.3 Å². The fourth-order valence-corrected chi connectivity index (χ4v) is 2.92. The number of alkyl halides is 3. The number of esters is 1. The molecule has 138 valence electrons. The van der Waals surface area contributed by atoms with Crippen LogP contribution < -0.4 is 5.32 Å². The van der Waals surface area contributed by atoms with Crippen LogP contribution in [0.5, 0.6) is 0 Å². The minimum atomic E-state index is -5.03. The van der Waals surface area contributed by atoms with Crippen molar-refractivity contribution in [1.82, 2.24) is 10.2 Å². The second-order valence-corrected chi connectivity index (χ2v) is 5.80. The predicted octanol–water partition coefficient (Wildman–Crippen LogP) is 2.72. The van der Waals surface area contributed by atoms with Crippen LogP contribution in [0.15, 0.2) is 30.3 Å². The topological polar surface area (TPSA) is 58.6 Å². The molecule has 1 N–H and O–H groups in total. The highest BCUT2D eigenvalue weighted by molar-refractivity contribution is 5.98. The molecule has 1 atom stereocenters. The molecule has 2 rings (SSSR count). The first-order valence-electron chi connectivity index (χ1n) is 8.19. The Kier molecular flexibility index (Phi) is 6.05. The van der Waals surface area contributed by atoms with Crippen LogP contribution in [0.25, 0.3) is 0 Å². The first-order chi connectivity index (χ1) is 11.8. The molecule has 1 aromatic carbocycles. The minimum absolute atomic E-state index is 0.0393. The number of hydrogen-bond donors (Lipinski definition) is 1. The summed E-state index contributed by atoms with van der Waals surface area (Å²) in [6, 6.07) is 7.49. The third-order valence-corrected chi connectivity index (χ3v) is 4.14. The number of nitrogens with one attached hydrogen (secondary N) is 1. The summed E-state index contributed by atoms with van der Waals surface area (Å²) in [4.78, 5) is 25.8. The Hall–Kier alpha value is -2.09. The molecule has 0 saturated carbocycles. The number of carbonyl (C=O) groups excluding carboxylic acids is 2. The predicted molar refractivity (Wildman–Crippen MR) is 84.8 cm³/mol. The van der Waals surface area contributed by atoms with Gasteiger partial charge in [-0.2, -0.15) is 13.2 Å². The zero-order valence-corrected chi connectivity index (χ0v) is 13.9. The van der Waals surface area contributed by atoms with Crippen LogP contribution in [-0.4, -0.2) is 48.3 Å². The Bertz CT molecular complexity index is 601. The fraction of sp³-hybridized carbons (Fsp3) is 0.529. The van der Waals surface area contributed by atoms with Crippen molar-refractivity contribution in [2.45, 2.75) is 38.0 Å². The van der Waals surface area contributed by atoms with Gasteiger partial charge in [0.1, 0.15) is 0 Å². The molecule has 0 bridgehead atoms. The summed E-state index contributed by atoms with van der Waals surface area (Å²) in [6.07, 6.45) is -3.22. The maximum atomic E-state index is 14.1. The summed E-state index contributed by atoms with van der Waals surface area (Å²) in [6.45, 7) is 1.31. The molecule has 1 aliphatic rings. The number of ether oxygens (including phenoxy) is 1. The number of nitrogens with zero attached hydrogens (tertiary/aromatic N) is 1. The zero-order chi connectivity index (χ0) is 18.5. The van der Waals surface area contributed by atoms with Gasteiger partial charge in [0.15, 0.2) is 0 Å².